The van der Waals surface area contributed by atoms with Gasteiger partial charge < -0.3 is 4.90 Å². The number of rotatable bonds is 4. The fraction of sp³-hybridized carbons (Fsp3) is 0.474. The molecule has 0 radical (unpaired) electrons. The van der Waals surface area contributed by atoms with Crippen molar-refractivity contribution in [3.8, 4) is 0 Å². The molecule has 0 amide bonds. The van der Waals surface area contributed by atoms with Crippen LogP contribution < -0.4 is 0 Å². The van der Waals surface area contributed by atoms with Crippen LogP contribution in [0.25, 0.3) is 0 Å². The molecule has 118 valence electrons. The summed E-state index contributed by atoms with van der Waals surface area (Å²) >= 11 is 6.08. The minimum Gasteiger partial charge on any atom is -0.301 e. The molecule has 0 aromatic heterocycles. The Morgan fingerprint density at radius 2 is 1.82 bits per heavy atom. The Labute approximate surface area is 139 Å². The number of hydrogen-bond acceptors (Lipinski definition) is 2. The average Bonchev–Trinajstić information content (AvgIpc) is 2.58. The molecule has 2 aliphatic rings. The van der Waals surface area contributed by atoms with Crippen LogP contribution in [0, 0.1) is 0 Å². The van der Waals surface area contributed by atoms with Gasteiger partial charge in [0.15, 0.2) is 0 Å². The van der Waals surface area contributed by atoms with Crippen LogP contribution in [0.5, 0.6) is 0 Å². The second-order valence-electron chi connectivity index (χ2n) is 6.13. The van der Waals surface area contributed by atoms with Crippen LogP contribution in [-0.2, 0) is 0 Å². The molecule has 1 aromatic rings. The molecule has 2 nitrogen and oxygen atoms in total. The van der Waals surface area contributed by atoms with Crippen molar-refractivity contribution in [2.45, 2.75) is 25.8 Å². The van der Waals surface area contributed by atoms with Crippen LogP contribution in [0.4, 0.5) is 0 Å². The van der Waals surface area contributed by atoms with Crippen LogP contribution in [0.3, 0.4) is 0 Å². The van der Waals surface area contributed by atoms with Gasteiger partial charge in [0, 0.05) is 31.2 Å². The Morgan fingerprint density at radius 1 is 1.09 bits per heavy atom. The van der Waals surface area contributed by atoms with Crippen molar-refractivity contribution in [3.63, 3.8) is 0 Å². The van der Waals surface area contributed by atoms with E-state index in [1.165, 1.54) is 24.2 Å². The highest BCUT2D eigenvalue weighted by Gasteiger charge is 2.27. The Kier molecular flexibility index (Phi) is 5.35. The molecule has 1 saturated heterocycles. The van der Waals surface area contributed by atoms with Crippen LogP contribution in [0.15, 0.2) is 48.1 Å². The Bertz CT molecular complexity index is 539. The van der Waals surface area contributed by atoms with Crippen molar-refractivity contribution in [3.05, 3.63) is 58.7 Å². The van der Waals surface area contributed by atoms with Gasteiger partial charge in [0.2, 0.25) is 0 Å². The summed E-state index contributed by atoms with van der Waals surface area (Å²) in [5.41, 5.74) is 2.91. The molecule has 1 aliphatic carbocycles. The first-order valence-electron chi connectivity index (χ1n) is 8.35. The molecule has 22 heavy (non-hydrogen) atoms. The largest absolute Gasteiger partial charge is 0.301 e. The molecule has 1 aliphatic heterocycles. The lowest BCUT2D eigenvalue weighted by molar-refractivity contribution is 0.111. The van der Waals surface area contributed by atoms with Crippen LogP contribution >= 0.6 is 11.6 Å². The zero-order valence-corrected chi connectivity index (χ0v) is 14.1. The van der Waals surface area contributed by atoms with E-state index in [1.54, 1.807) is 0 Å². The standard InChI is InChI=1S/C19H25ClN2/c1-2-21-12-14-22(15-13-21)19(16-6-4-3-5-7-16)17-8-10-18(20)11-9-17/h3-4,6,8-11,19H,2,5,7,12-15H2,1H3. The summed E-state index contributed by atoms with van der Waals surface area (Å²) in [6.07, 6.45) is 9.11. The second-order valence-corrected chi connectivity index (χ2v) is 6.57. The number of likely N-dealkylation sites (N-methyl/N-ethyl adjacent to an activating group) is 1. The van der Waals surface area contributed by atoms with Gasteiger partial charge >= 0.3 is 0 Å². The van der Waals surface area contributed by atoms with Crippen molar-refractivity contribution in [2.24, 2.45) is 0 Å². The van der Waals surface area contributed by atoms with Crippen molar-refractivity contribution in [1.82, 2.24) is 9.80 Å². The van der Waals surface area contributed by atoms with Gasteiger partial charge in [-0.05, 0) is 42.7 Å². The van der Waals surface area contributed by atoms with Crippen molar-refractivity contribution >= 4 is 11.6 Å². The third-order valence-electron chi connectivity index (χ3n) is 4.80. The van der Waals surface area contributed by atoms with E-state index in [0.29, 0.717) is 6.04 Å². The summed E-state index contributed by atoms with van der Waals surface area (Å²) in [7, 11) is 0. The fourth-order valence-electron chi connectivity index (χ4n) is 3.49. The van der Waals surface area contributed by atoms with E-state index >= 15 is 0 Å². The minimum absolute atomic E-state index is 0.404. The monoisotopic (exact) mass is 316 g/mol. The minimum atomic E-state index is 0.404. The highest BCUT2D eigenvalue weighted by Crippen LogP contribution is 2.34. The number of nitrogens with zero attached hydrogens (tertiary/aromatic N) is 2. The van der Waals surface area contributed by atoms with E-state index in [-0.39, 0.29) is 0 Å². The average molecular weight is 317 g/mol. The molecule has 0 N–H and O–H groups in total. The summed E-state index contributed by atoms with van der Waals surface area (Å²) < 4.78 is 0. The molecular formula is C19H25ClN2. The normalized spacial score (nSPS) is 21.6. The topological polar surface area (TPSA) is 6.48 Å². The molecule has 1 atom stereocenters. The maximum Gasteiger partial charge on any atom is 0.0565 e. The van der Waals surface area contributed by atoms with Gasteiger partial charge in [0.05, 0.1) is 6.04 Å². The number of hydrogen-bond donors (Lipinski definition) is 0. The maximum absolute atomic E-state index is 6.08. The summed E-state index contributed by atoms with van der Waals surface area (Å²) in [4.78, 5) is 5.17. The molecule has 1 aromatic carbocycles. The number of piperazine rings is 1. The SMILES string of the molecule is CCN1CCN(C(C2=CC=CCC2)c2ccc(Cl)cc2)CC1. The van der Waals surface area contributed by atoms with Gasteiger partial charge in [-0.25, -0.2) is 0 Å². The lowest BCUT2D eigenvalue weighted by Crippen LogP contribution is -2.47. The van der Waals surface area contributed by atoms with E-state index in [4.69, 9.17) is 11.6 Å². The zero-order chi connectivity index (χ0) is 15.4. The number of allylic oxidation sites excluding steroid dienone is 3. The maximum atomic E-state index is 6.08. The van der Waals surface area contributed by atoms with Crippen molar-refractivity contribution in [2.75, 3.05) is 32.7 Å². The quantitative estimate of drug-likeness (QED) is 0.817. The van der Waals surface area contributed by atoms with Gasteiger partial charge in [0.1, 0.15) is 0 Å². The third-order valence-corrected chi connectivity index (χ3v) is 5.05. The molecule has 0 saturated carbocycles. The molecular weight excluding hydrogens is 292 g/mol. The van der Waals surface area contributed by atoms with E-state index < -0.39 is 0 Å². The van der Waals surface area contributed by atoms with E-state index in [1.807, 2.05) is 12.1 Å². The van der Waals surface area contributed by atoms with Crippen LogP contribution in [-0.4, -0.2) is 42.5 Å². The van der Waals surface area contributed by atoms with Gasteiger partial charge in [-0.1, -0.05) is 48.9 Å². The summed E-state index contributed by atoms with van der Waals surface area (Å²) in [6, 6.07) is 8.83. The van der Waals surface area contributed by atoms with Crippen LogP contribution in [0.1, 0.15) is 31.4 Å². The molecule has 1 heterocycles. The Balaban J connectivity index is 1.84. The van der Waals surface area contributed by atoms with Gasteiger partial charge in [-0.3, -0.25) is 4.90 Å². The predicted molar refractivity (Wildman–Crippen MR) is 94.3 cm³/mol. The lowest BCUT2D eigenvalue weighted by atomic mass is 9.90. The van der Waals surface area contributed by atoms with E-state index in [2.05, 4.69) is 47.1 Å². The first-order valence-corrected chi connectivity index (χ1v) is 8.73. The van der Waals surface area contributed by atoms with Gasteiger partial charge in [-0.2, -0.15) is 0 Å². The molecule has 1 fully saturated rings. The number of benzene rings is 1. The highest BCUT2D eigenvalue weighted by atomic mass is 35.5. The summed E-state index contributed by atoms with van der Waals surface area (Å²) in [5.74, 6) is 0. The van der Waals surface area contributed by atoms with Crippen molar-refractivity contribution in [1.29, 1.82) is 0 Å². The van der Waals surface area contributed by atoms with Gasteiger partial charge in [0.25, 0.3) is 0 Å². The molecule has 3 heteroatoms. The first-order chi connectivity index (χ1) is 10.8. The molecule has 0 bridgehead atoms. The fourth-order valence-corrected chi connectivity index (χ4v) is 3.62. The molecule has 1 unspecified atom stereocenters. The summed E-state index contributed by atoms with van der Waals surface area (Å²) in [6.45, 7) is 8.03. The second kappa shape index (κ2) is 7.45. The first kappa shape index (κ1) is 15.8. The number of halogens is 1. The van der Waals surface area contributed by atoms with E-state index in [0.717, 1.165) is 37.5 Å². The Morgan fingerprint density at radius 3 is 2.41 bits per heavy atom. The van der Waals surface area contributed by atoms with Crippen molar-refractivity contribution < 1.29 is 0 Å². The van der Waals surface area contributed by atoms with Crippen LogP contribution in [0.2, 0.25) is 5.02 Å². The lowest BCUT2D eigenvalue weighted by Gasteiger charge is -2.40. The molecule has 0 spiro atoms. The highest BCUT2D eigenvalue weighted by molar-refractivity contribution is 6.30. The van der Waals surface area contributed by atoms with Gasteiger partial charge in [-0.15, -0.1) is 0 Å². The smallest absolute Gasteiger partial charge is 0.0565 e. The summed E-state index contributed by atoms with van der Waals surface area (Å²) in [5, 5.41) is 0.816. The third kappa shape index (κ3) is 3.62. The predicted octanol–water partition coefficient (Wildman–Crippen LogP) is 4.30. The Hall–Kier alpha value is -1.09. The van der Waals surface area contributed by atoms with E-state index in [9.17, 15) is 0 Å². The molecule has 3 rings (SSSR count). The zero-order valence-electron chi connectivity index (χ0n) is 13.3.